The van der Waals surface area contributed by atoms with Crippen LogP contribution in [0.4, 0.5) is 0 Å². The van der Waals surface area contributed by atoms with E-state index in [9.17, 15) is 4.79 Å². The van der Waals surface area contributed by atoms with Crippen LogP contribution in [0, 0.1) is 11.5 Å². The van der Waals surface area contributed by atoms with Gasteiger partial charge in [-0.15, -0.1) is 5.54 Å². The van der Waals surface area contributed by atoms with E-state index in [1.54, 1.807) is 6.08 Å². The molecule has 0 spiro atoms. The molecule has 0 saturated heterocycles. The molecule has 0 radical (unpaired) electrons. The highest BCUT2D eigenvalue weighted by Gasteiger charge is 2.07. The molecule has 0 aliphatic rings. The SMILES string of the molecule is CC=CC(=O)C#C[Si](C)(C)C. The molecule has 0 aliphatic heterocycles. The minimum Gasteiger partial charge on any atom is -0.280 e. The predicted octanol–water partition coefficient (Wildman–Crippen LogP) is 2.01. The zero-order valence-corrected chi connectivity index (χ0v) is 8.56. The summed E-state index contributed by atoms with van der Waals surface area (Å²) in [6, 6.07) is 0. The maximum atomic E-state index is 10.9. The topological polar surface area (TPSA) is 17.1 Å². The Morgan fingerprint density at radius 2 is 1.91 bits per heavy atom. The minimum absolute atomic E-state index is 0.0880. The summed E-state index contributed by atoms with van der Waals surface area (Å²) in [5.74, 6) is 2.52. The van der Waals surface area contributed by atoms with Gasteiger partial charge in [-0.3, -0.25) is 4.79 Å². The van der Waals surface area contributed by atoms with Crippen LogP contribution in [0.1, 0.15) is 6.92 Å². The number of rotatable bonds is 1. The van der Waals surface area contributed by atoms with Crippen LogP contribution in [0.25, 0.3) is 0 Å². The van der Waals surface area contributed by atoms with Crippen molar-refractivity contribution in [3.63, 3.8) is 0 Å². The van der Waals surface area contributed by atoms with Crippen LogP contribution < -0.4 is 0 Å². The lowest BCUT2D eigenvalue weighted by molar-refractivity contribution is -0.109. The third-order valence-corrected chi connectivity index (χ3v) is 1.75. The number of carbonyl (C=O) groups excluding carboxylic acids is 1. The van der Waals surface area contributed by atoms with Crippen molar-refractivity contribution >= 4 is 13.9 Å². The van der Waals surface area contributed by atoms with Gasteiger partial charge in [0.2, 0.25) is 5.78 Å². The van der Waals surface area contributed by atoms with Crippen LogP contribution >= 0.6 is 0 Å². The highest BCUT2D eigenvalue weighted by molar-refractivity contribution is 6.84. The van der Waals surface area contributed by atoms with Crippen molar-refractivity contribution in [1.29, 1.82) is 0 Å². The van der Waals surface area contributed by atoms with Gasteiger partial charge in [0.1, 0.15) is 8.07 Å². The van der Waals surface area contributed by atoms with E-state index in [1.165, 1.54) is 6.08 Å². The molecule has 0 N–H and O–H groups in total. The second-order valence-electron chi connectivity index (χ2n) is 3.36. The highest BCUT2D eigenvalue weighted by atomic mass is 28.3. The largest absolute Gasteiger partial charge is 0.280 e. The monoisotopic (exact) mass is 166 g/mol. The molecule has 0 atom stereocenters. The Morgan fingerprint density at radius 3 is 2.27 bits per heavy atom. The fourth-order valence-corrected chi connectivity index (χ4v) is 0.940. The molecule has 2 heteroatoms. The minimum atomic E-state index is -1.36. The van der Waals surface area contributed by atoms with E-state index in [0.717, 1.165) is 0 Å². The Kier molecular flexibility index (Phi) is 3.84. The molecule has 0 aromatic carbocycles. The Labute approximate surface area is 69.5 Å². The van der Waals surface area contributed by atoms with Gasteiger partial charge in [0, 0.05) is 0 Å². The zero-order valence-electron chi connectivity index (χ0n) is 7.56. The van der Waals surface area contributed by atoms with Crippen LogP contribution in [0.5, 0.6) is 0 Å². The van der Waals surface area contributed by atoms with Crippen molar-refractivity contribution in [2.24, 2.45) is 0 Å². The Balaban J connectivity index is 4.20. The van der Waals surface area contributed by atoms with Crippen molar-refractivity contribution in [1.82, 2.24) is 0 Å². The first-order valence-electron chi connectivity index (χ1n) is 3.65. The van der Waals surface area contributed by atoms with Gasteiger partial charge < -0.3 is 0 Å². The molecular formula is C9H14OSi. The number of hydrogen-bond donors (Lipinski definition) is 0. The Morgan fingerprint density at radius 1 is 1.36 bits per heavy atom. The standard InChI is InChI=1S/C9H14OSi/c1-5-6-9(10)7-8-11(2,3)4/h5-6H,1-4H3. The molecule has 0 saturated carbocycles. The molecule has 0 heterocycles. The molecule has 0 rings (SSSR count). The second-order valence-corrected chi connectivity index (χ2v) is 8.11. The van der Waals surface area contributed by atoms with Gasteiger partial charge in [-0.2, -0.15) is 0 Å². The van der Waals surface area contributed by atoms with Crippen molar-refractivity contribution in [3.05, 3.63) is 12.2 Å². The zero-order chi connectivity index (χ0) is 8.91. The quantitative estimate of drug-likeness (QED) is 0.331. The van der Waals surface area contributed by atoms with E-state index in [-0.39, 0.29) is 5.78 Å². The van der Waals surface area contributed by atoms with Crippen LogP contribution in [-0.4, -0.2) is 13.9 Å². The van der Waals surface area contributed by atoms with Gasteiger partial charge in [-0.05, 0) is 18.9 Å². The van der Waals surface area contributed by atoms with E-state index in [4.69, 9.17) is 0 Å². The van der Waals surface area contributed by atoms with Crippen LogP contribution in [0.15, 0.2) is 12.2 Å². The van der Waals surface area contributed by atoms with Crippen LogP contribution in [0.2, 0.25) is 19.6 Å². The molecule has 0 aliphatic carbocycles. The lowest BCUT2D eigenvalue weighted by atomic mass is 10.4. The lowest BCUT2D eigenvalue weighted by Crippen LogP contribution is -2.16. The van der Waals surface area contributed by atoms with E-state index in [1.807, 2.05) is 6.92 Å². The third kappa shape index (κ3) is 7.08. The van der Waals surface area contributed by atoms with Crippen LogP contribution in [0.3, 0.4) is 0 Å². The summed E-state index contributed by atoms with van der Waals surface area (Å²) >= 11 is 0. The molecule has 1 nitrogen and oxygen atoms in total. The summed E-state index contributed by atoms with van der Waals surface area (Å²) in [5.41, 5.74) is 2.99. The Hall–Kier alpha value is -0.813. The number of carbonyl (C=O) groups is 1. The van der Waals surface area contributed by atoms with E-state index in [0.29, 0.717) is 0 Å². The van der Waals surface area contributed by atoms with Crippen molar-refractivity contribution in [2.75, 3.05) is 0 Å². The average molecular weight is 166 g/mol. The number of allylic oxidation sites excluding steroid dienone is 2. The summed E-state index contributed by atoms with van der Waals surface area (Å²) in [4.78, 5) is 10.9. The van der Waals surface area contributed by atoms with E-state index >= 15 is 0 Å². The molecule has 0 aromatic heterocycles. The molecule has 0 bridgehead atoms. The normalized spacial score (nSPS) is 10.9. The van der Waals surface area contributed by atoms with Gasteiger partial charge in [0.25, 0.3) is 0 Å². The van der Waals surface area contributed by atoms with Gasteiger partial charge in [-0.25, -0.2) is 0 Å². The second kappa shape index (κ2) is 4.15. The summed E-state index contributed by atoms with van der Waals surface area (Å²) < 4.78 is 0. The van der Waals surface area contributed by atoms with Crippen molar-refractivity contribution in [3.8, 4) is 11.5 Å². The predicted molar refractivity (Wildman–Crippen MR) is 50.9 cm³/mol. The average Bonchev–Trinajstić information content (AvgIpc) is 1.83. The van der Waals surface area contributed by atoms with Gasteiger partial charge in [0.05, 0.1) is 0 Å². The molecule has 0 aromatic rings. The molecule has 0 unspecified atom stereocenters. The molecular weight excluding hydrogens is 152 g/mol. The smallest absolute Gasteiger partial charge is 0.227 e. The summed E-state index contributed by atoms with van der Waals surface area (Å²) in [7, 11) is -1.36. The van der Waals surface area contributed by atoms with Crippen molar-refractivity contribution in [2.45, 2.75) is 26.6 Å². The molecule has 11 heavy (non-hydrogen) atoms. The van der Waals surface area contributed by atoms with Crippen molar-refractivity contribution < 1.29 is 4.79 Å². The highest BCUT2D eigenvalue weighted by Crippen LogP contribution is 1.95. The first kappa shape index (κ1) is 10.2. The van der Waals surface area contributed by atoms with Gasteiger partial charge >= 0.3 is 0 Å². The first-order chi connectivity index (χ1) is 4.95. The molecule has 60 valence electrons. The van der Waals surface area contributed by atoms with E-state index < -0.39 is 8.07 Å². The maximum absolute atomic E-state index is 10.9. The number of hydrogen-bond acceptors (Lipinski definition) is 1. The lowest BCUT2D eigenvalue weighted by Gasteiger charge is -2.02. The summed E-state index contributed by atoms with van der Waals surface area (Å²) in [6.07, 6.45) is 3.20. The van der Waals surface area contributed by atoms with Crippen LogP contribution in [-0.2, 0) is 4.79 Å². The fraction of sp³-hybridized carbons (Fsp3) is 0.444. The summed E-state index contributed by atoms with van der Waals surface area (Å²) in [6.45, 7) is 8.16. The maximum Gasteiger partial charge on any atom is 0.227 e. The Bertz CT molecular complexity index is 222. The molecule has 0 amide bonds. The van der Waals surface area contributed by atoms with Gasteiger partial charge in [0.15, 0.2) is 0 Å². The summed E-state index contributed by atoms with van der Waals surface area (Å²) in [5, 5.41) is 0. The molecule has 0 fully saturated rings. The first-order valence-corrected chi connectivity index (χ1v) is 7.15. The number of ketones is 1. The third-order valence-electron chi connectivity index (χ3n) is 0.879. The van der Waals surface area contributed by atoms with Gasteiger partial charge in [-0.1, -0.05) is 25.7 Å². The fourth-order valence-electron chi connectivity index (χ4n) is 0.442. The van der Waals surface area contributed by atoms with E-state index in [2.05, 4.69) is 31.1 Å².